The minimum Gasteiger partial charge on any atom is -0.502 e. The van der Waals surface area contributed by atoms with Gasteiger partial charge in [0.2, 0.25) is 0 Å². The van der Waals surface area contributed by atoms with Crippen molar-refractivity contribution >= 4 is 18.9 Å². The molecular weight excluding hydrogens is 328 g/mol. The summed E-state index contributed by atoms with van der Waals surface area (Å²) < 4.78 is 18.4. The van der Waals surface area contributed by atoms with Gasteiger partial charge in [0.1, 0.15) is 0 Å². The van der Waals surface area contributed by atoms with Gasteiger partial charge < -0.3 is 13.6 Å². The van der Waals surface area contributed by atoms with Gasteiger partial charge in [-0.1, -0.05) is 67.2 Å². The first-order valence-corrected chi connectivity index (χ1v) is 10.4. The Balaban J connectivity index is 2.47. The third-order valence-electron chi connectivity index (χ3n) is 3.73. The molecule has 0 bridgehead atoms. The first kappa shape index (κ1) is 19.4. The second-order valence-corrected chi connectivity index (χ2v) is 9.78. The molecule has 0 N–H and O–H groups in total. The minimum absolute atomic E-state index is 0.337. The van der Waals surface area contributed by atoms with E-state index in [1.807, 2.05) is 36.4 Å². The standard InChI is InChI=1S/C21H28O3Si/c1-18(22-5)16-17-23-25(24-21(2,3)4,19-12-8-6-9-13-19)20-14-10-7-11-15-20/h6-15H,1,16-17H2,2-5H3. The average Bonchev–Trinajstić information content (AvgIpc) is 2.61. The van der Waals surface area contributed by atoms with E-state index in [1.165, 1.54) is 0 Å². The number of methoxy groups -OCH3 is 1. The zero-order chi connectivity index (χ0) is 18.3. The lowest BCUT2D eigenvalue weighted by atomic mass is 10.2. The second kappa shape index (κ2) is 8.47. The molecule has 0 aliphatic rings. The monoisotopic (exact) mass is 356 g/mol. The van der Waals surface area contributed by atoms with Crippen LogP contribution in [-0.2, 0) is 13.6 Å². The van der Waals surface area contributed by atoms with Crippen molar-refractivity contribution in [3.8, 4) is 0 Å². The Morgan fingerprint density at radius 1 is 0.920 bits per heavy atom. The molecule has 0 heterocycles. The van der Waals surface area contributed by atoms with Crippen molar-refractivity contribution in [2.75, 3.05) is 13.7 Å². The molecule has 0 atom stereocenters. The highest BCUT2D eigenvalue weighted by atomic mass is 28.4. The number of ether oxygens (including phenoxy) is 1. The fourth-order valence-corrected chi connectivity index (χ4v) is 6.11. The molecule has 0 unspecified atom stereocenters. The third-order valence-corrected chi connectivity index (χ3v) is 7.43. The molecule has 0 spiro atoms. The zero-order valence-corrected chi connectivity index (χ0v) is 16.6. The van der Waals surface area contributed by atoms with Crippen LogP contribution in [0.15, 0.2) is 73.0 Å². The second-order valence-electron chi connectivity index (χ2n) is 6.90. The molecular formula is C21H28O3Si. The van der Waals surface area contributed by atoms with Crippen LogP contribution in [-0.4, -0.2) is 27.9 Å². The predicted molar refractivity (Wildman–Crippen MR) is 105 cm³/mol. The van der Waals surface area contributed by atoms with E-state index in [4.69, 9.17) is 13.6 Å². The number of rotatable bonds is 8. The molecule has 0 aliphatic heterocycles. The van der Waals surface area contributed by atoms with Crippen molar-refractivity contribution in [3.63, 3.8) is 0 Å². The molecule has 0 amide bonds. The van der Waals surface area contributed by atoms with Crippen LogP contribution in [0.5, 0.6) is 0 Å². The molecule has 2 aromatic carbocycles. The molecule has 134 valence electrons. The zero-order valence-electron chi connectivity index (χ0n) is 15.6. The van der Waals surface area contributed by atoms with E-state index in [1.54, 1.807) is 7.11 Å². The van der Waals surface area contributed by atoms with Crippen LogP contribution in [0.4, 0.5) is 0 Å². The van der Waals surface area contributed by atoms with Crippen molar-refractivity contribution < 1.29 is 13.6 Å². The summed E-state index contributed by atoms with van der Waals surface area (Å²) in [6, 6.07) is 20.5. The summed E-state index contributed by atoms with van der Waals surface area (Å²) in [5, 5.41) is 2.19. The molecule has 0 aliphatic carbocycles. The Morgan fingerprint density at radius 3 is 1.80 bits per heavy atom. The molecule has 0 aromatic heterocycles. The van der Waals surface area contributed by atoms with Crippen LogP contribution in [0, 0.1) is 0 Å². The largest absolute Gasteiger partial charge is 0.502 e. The van der Waals surface area contributed by atoms with Crippen molar-refractivity contribution in [2.24, 2.45) is 0 Å². The van der Waals surface area contributed by atoms with E-state index in [0.29, 0.717) is 18.8 Å². The fraction of sp³-hybridized carbons (Fsp3) is 0.333. The van der Waals surface area contributed by atoms with Crippen molar-refractivity contribution in [3.05, 3.63) is 73.0 Å². The Labute approximate surface area is 152 Å². The van der Waals surface area contributed by atoms with Crippen molar-refractivity contribution in [1.82, 2.24) is 0 Å². The first-order chi connectivity index (χ1) is 11.9. The van der Waals surface area contributed by atoms with Gasteiger partial charge in [-0.05, 0) is 31.1 Å². The van der Waals surface area contributed by atoms with E-state index in [2.05, 4.69) is 51.6 Å². The summed E-state index contributed by atoms with van der Waals surface area (Å²) in [4.78, 5) is 0. The Hall–Kier alpha value is -1.88. The van der Waals surface area contributed by atoms with E-state index in [-0.39, 0.29) is 5.60 Å². The molecule has 0 radical (unpaired) electrons. The summed E-state index contributed by atoms with van der Waals surface area (Å²) in [6.07, 6.45) is 0.637. The first-order valence-electron chi connectivity index (χ1n) is 8.54. The lowest BCUT2D eigenvalue weighted by Crippen LogP contribution is -2.65. The summed E-state index contributed by atoms with van der Waals surface area (Å²) in [6.45, 7) is 10.6. The molecule has 3 nitrogen and oxygen atoms in total. The molecule has 25 heavy (non-hydrogen) atoms. The maximum absolute atomic E-state index is 6.66. The van der Waals surface area contributed by atoms with Crippen molar-refractivity contribution in [1.29, 1.82) is 0 Å². The van der Waals surface area contributed by atoms with Crippen LogP contribution in [0.3, 0.4) is 0 Å². The summed E-state index contributed by atoms with van der Waals surface area (Å²) in [7, 11) is -1.23. The topological polar surface area (TPSA) is 27.7 Å². The van der Waals surface area contributed by atoms with Gasteiger partial charge in [-0.2, -0.15) is 0 Å². The van der Waals surface area contributed by atoms with Gasteiger partial charge in [-0.3, -0.25) is 0 Å². The molecule has 0 fully saturated rings. The van der Waals surface area contributed by atoms with Crippen molar-refractivity contribution in [2.45, 2.75) is 32.8 Å². The van der Waals surface area contributed by atoms with Crippen LogP contribution in [0.1, 0.15) is 27.2 Å². The van der Waals surface area contributed by atoms with Crippen LogP contribution in [0.2, 0.25) is 0 Å². The summed E-state index contributed by atoms with van der Waals surface area (Å²) in [5.41, 5.74) is -0.337. The number of hydrogen-bond acceptors (Lipinski definition) is 3. The lowest BCUT2D eigenvalue weighted by Gasteiger charge is -2.37. The van der Waals surface area contributed by atoms with Gasteiger partial charge in [0.15, 0.2) is 0 Å². The number of hydrogen-bond donors (Lipinski definition) is 0. The van der Waals surface area contributed by atoms with Gasteiger partial charge in [0, 0.05) is 13.0 Å². The summed E-state index contributed by atoms with van der Waals surface area (Å²) >= 11 is 0. The smallest absolute Gasteiger partial charge is 0.407 e. The fourth-order valence-electron chi connectivity index (χ4n) is 2.64. The minimum atomic E-state index is -2.86. The SMILES string of the molecule is C=C(CCO[Si](OC(C)(C)C)(c1ccccc1)c1ccccc1)OC. The lowest BCUT2D eigenvalue weighted by molar-refractivity contribution is 0.0766. The highest BCUT2D eigenvalue weighted by Gasteiger charge is 2.45. The molecule has 0 saturated heterocycles. The third kappa shape index (κ3) is 5.29. The van der Waals surface area contributed by atoms with Gasteiger partial charge in [-0.15, -0.1) is 0 Å². The normalized spacial score (nSPS) is 12.0. The highest BCUT2D eigenvalue weighted by molar-refractivity contribution is 6.92. The maximum atomic E-state index is 6.66. The molecule has 2 aromatic rings. The maximum Gasteiger partial charge on any atom is 0.407 e. The van der Waals surface area contributed by atoms with Gasteiger partial charge in [-0.25, -0.2) is 0 Å². The quantitative estimate of drug-likeness (QED) is 0.534. The van der Waals surface area contributed by atoms with Gasteiger partial charge >= 0.3 is 8.56 Å². The summed E-state index contributed by atoms with van der Waals surface area (Å²) in [5.74, 6) is 0.708. The molecule has 2 rings (SSSR count). The predicted octanol–water partition coefficient (Wildman–Crippen LogP) is 3.62. The Bertz CT molecular complexity index is 623. The van der Waals surface area contributed by atoms with E-state index in [9.17, 15) is 0 Å². The van der Waals surface area contributed by atoms with Gasteiger partial charge in [0.25, 0.3) is 0 Å². The van der Waals surface area contributed by atoms with E-state index >= 15 is 0 Å². The molecule has 4 heteroatoms. The average molecular weight is 357 g/mol. The highest BCUT2D eigenvalue weighted by Crippen LogP contribution is 2.20. The van der Waals surface area contributed by atoms with Gasteiger partial charge in [0.05, 0.1) is 18.5 Å². The Kier molecular flexibility index (Phi) is 6.59. The van der Waals surface area contributed by atoms with Crippen LogP contribution < -0.4 is 10.4 Å². The molecule has 0 saturated carbocycles. The Morgan fingerprint density at radius 2 is 1.40 bits per heavy atom. The van der Waals surface area contributed by atoms with E-state index < -0.39 is 8.56 Å². The van der Waals surface area contributed by atoms with Crippen LogP contribution in [0.25, 0.3) is 0 Å². The van der Waals surface area contributed by atoms with E-state index in [0.717, 1.165) is 10.4 Å². The number of benzene rings is 2. The van der Waals surface area contributed by atoms with Crippen LogP contribution >= 0.6 is 0 Å².